The van der Waals surface area contributed by atoms with Gasteiger partial charge in [0.05, 0.1) is 0 Å². The summed E-state index contributed by atoms with van der Waals surface area (Å²) in [5.41, 5.74) is 1.18. The number of carbonyl (C=O) groups is 2. The Balaban J connectivity index is 2.81. The van der Waals surface area contributed by atoms with Gasteiger partial charge < -0.3 is 14.8 Å². The first kappa shape index (κ1) is 15.7. The summed E-state index contributed by atoms with van der Waals surface area (Å²) in [5, 5.41) is 2.54. The Morgan fingerprint density at radius 3 is 2.53 bits per heavy atom. The van der Waals surface area contributed by atoms with E-state index in [1.54, 1.807) is 26.8 Å². The van der Waals surface area contributed by atoms with Gasteiger partial charge in [-0.3, -0.25) is 0 Å². The molecule has 0 saturated heterocycles. The van der Waals surface area contributed by atoms with E-state index in [0.29, 0.717) is 11.8 Å². The van der Waals surface area contributed by atoms with Crippen LogP contribution in [-0.4, -0.2) is 18.0 Å². The molecule has 0 radical (unpaired) electrons. The molecule has 0 saturated carbocycles. The minimum atomic E-state index is -0.716. The van der Waals surface area contributed by atoms with Gasteiger partial charge >= 0.3 is 6.09 Å². The number of benzene rings is 1. The second-order valence-electron chi connectivity index (χ2n) is 5.27. The molecule has 1 atom stereocenters. The van der Waals surface area contributed by atoms with Gasteiger partial charge in [0, 0.05) is 4.47 Å². The summed E-state index contributed by atoms with van der Waals surface area (Å²) in [5.74, 6) is 0. The number of rotatable bonds is 3. The highest BCUT2D eigenvalue weighted by Crippen LogP contribution is 2.21. The number of halogens is 1. The number of aldehydes is 1. The van der Waals surface area contributed by atoms with Gasteiger partial charge in [0.2, 0.25) is 0 Å². The number of carbonyl (C=O) groups excluding carboxylic acids is 2. The van der Waals surface area contributed by atoms with Crippen molar-refractivity contribution < 1.29 is 14.3 Å². The molecule has 5 heteroatoms. The Labute approximate surface area is 121 Å². The van der Waals surface area contributed by atoms with E-state index in [2.05, 4.69) is 21.2 Å². The molecule has 0 aliphatic heterocycles. The van der Waals surface area contributed by atoms with Gasteiger partial charge in [-0.15, -0.1) is 0 Å². The van der Waals surface area contributed by atoms with Crippen molar-refractivity contribution in [2.75, 3.05) is 0 Å². The van der Waals surface area contributed by atoms with Gasteiger partial charge in [-0.1, -0.05) is 28.1 Å². The highest BCUT2D eigenvalue weighted by atomic mass is 79.9. The average Bonchev–Trinajstić information content (AvgIpc) is 2.27. The molecule has 0 spiro atoms. The van der Waals surface area contributed by atoms with Crippen molar-refractivity contribution in [2.45, 2.75) is 39.3 Å². The molecule has 0 aliphatic rings. The van der Waals surface area contributed by atoms with E-state index < -0.39 is 17.7 Å². The number of alkyl carbamates (subject to hydrolysis) is 1. The highest BCUT2D eigenvalue weighted by molar-refractivity contribution is 9.10. The second-order valence-corrected chi connectivity index (χ2v) is 6.12. The fourth-order valence-corrected chi connectivity index (χ4v) is 1.83. The summed E-state index contributed by atoms with van der Waals surface area (Å²) in [4.78, 5) is 22.8. The molecule has 0 heterocycles. The number of ether oxygens (including phenoxy) is 1. The van der Waals surface area contributed by atoms with Crippen LogP contribution in [-0.2, 0) is 9.53 Å². The number of nitrogens with one attached hydrogen (secondary N) is 1. The van der Waals surface area contributed by atoms with Crippen LogP contribution in [0.1, 0.15) is 37.9 Å². The lowest BCUT2D eigenvalue weighted by Crippen LogP contribution is -2.35. The van der Waals surface area contributed by atoms with Crippen LogP contribution in [0.4, 0.5) is 4.79 Å². The van der Waals surface area contributed by atoms with Crippen LogP contribution in [0.3, 0.4) is 0 Å². The Morgan fingerprint density at radius 1 is 1.42 bits per heavy atom. The van der Waals surface area contributed by atoms with Crippen LogP contribution in [0.25, 0.3) is 0 Å². The predicted molar refractivity (Wildman–Crippen MR) is 77.1 cm³/mol. The number of amides is 1. The monoisotopic (exact) mass is 327 g/mol. The summed E-state index contributed by atoms with van der Waals surface area (Å²) >= 11 is 3.40. The van der Waals surface area contributed by atoms with Crippen molar-refractivity contribution in [3.8, 4) is 0 Å². The first-order valence-corrected chi connectivity index (χ1v) is 6.73. The fourth-order valence-electron chi connectivity index (χ4n) is 1.43. The highest BCUT2D eigenvalue weighted by Gasteiger charge is 2.20. The van der Waals surface area contributed by atoms with Crippen LogP contribution < -0.4 is 5.32 Å². The van der Waals surface area contributed by atoms with Crippen molar-refractivity contribution in [3.05, 3.63) is 33.8 Å². The largest absolute Gasteiger partial charge is 0.444 e. The Morgan fingerprint density at radius 2 is 2.05 bits per heavy atom. The maximum Gasteiger partial charge on any atom is 0.408 e. The maximum atomic E-state index is 11.6. The third kappa shape index (κ3) is 5.03. The molecule has 1 rings (SSSR count). The summed E-state index contributed by atoms with van der Waals surface area (Å²) in [6.45, 7) is 7.26. The van der Waals surface area contributed by atoms with Crippen LogP contribution >= 0.6 is 15.9 Å². The molecule has 0 aliphatic carbocycles. The van der Waals surface area contributed by atoms with Crippen LogP contribution in [0.15, 0.2) is 22.7 Å². The lowest BCUT2D eigenvalue weighted by atomic mass is 10.1. The quantitative estimate of drug-likeness (QED) is 0.864. The van der Waals surface area contributed by atoms with Crippen LogP contribution in [0, 0.1) is 6.92 Å². The fraction of sp³-hybridized carbons (Fsp3) is 0.429. The average molecular weight is 328 g/mol. The molecule has 19 heavy (non-hydrogen) atoms. The number of hydrogen-bond donors (Lipinski definition) is 1. The third-order valence-corrected chi connectivity index (χ3v) is 3.22. The smallest absolute Gasteiger partial charge is 0.408 e. The molecule has 4 nitrogen and oxygen atoms in total. The Bertz CT molecular complexity index is 480. The molecule has 1 amide bonds. The minimum Gasteiger partial charge on any atom is -0.444 e. The van der Waals surface area contributed by atoms with Gasteiger partial charge in [-0.05, 0) is 44.9 Å². The summed E-state index contributed by atoms with van der Waals surface area (Å²) < 4.78 is 6.02. The van der Waals surface area contributed by atoms with Crippen LogP contribution in [0.2, 0.25) is 0 Å². The first-order valence-electron chi connectivity index (χ1n) is 5.94. The Hall–Kier alpha value is -1.36. The van der Waals surface area contributed by atoms with Gasteiger partial charge in [0.25, 0.3) is 0 Å². The molecule has 0 bridgehead atoms. The van der Waals surface area contributed by atoms with E-state index in [4.69, 9.17) is 4.74 Å². The van der Waals surface area contributed by atoms with E-state index in [0.717, 1.165) is 10.0 Å². The topological polar surface area (TPSA) is 55.4 Å². The minimum absolute atomic E-state index is 0.592. The standard InChI is InChI=1S/C14H18BrNO3/c1-9-5-6-10(7-11(9)15)12(8-17)16-13(18)19-14(2,3)4/h5-8,12H,1-4H3,(H,16,18). The van der Waals surface area contributed by atoms with Crippen molar-refractivity contribution in [1.29, 1.82) is 0 Å². The predicted octanol–water partition coefficient (Wildman–Crippen LogP) is 3.52. The van der Waals surface area contributed by atoms with E-state index in [9.17, 15) is 9.59 Å². The van der Waals surface area contributed by atoms with Crippen molar-refractivity contribution in [1.82, 2.24) is 5.32 Å². The number of aryl methyl sites for hydroxylation is 1. The molecule has 0 fully saturated rings. The van der Waals surface area contributed by atoms with E-state index in [1.165, 1.54) is 0 Å². The first-order chi connectivity index (χ1) is 8.73. The second kappa shape index (κ2) is 6.19. The summed E-state index contributed by atoms with van der Waals surface area (Å²) in [7, 11) is 0. The number of hydrogen-bond acceptors (Lipinski definition) is 3. The molecule has 1 aromatic rings. The van der Waals surface area contributed by atoms with Crippen molar-refractivity contribution in [3.63, 3.8) is 0 Å². The molecular formula is C14H18BrNO3. The zero-order valence-electron chi connectivity index (χ0n) is 11.5. The molecule has 104 valence electrons. The normalized spacial score (nSPS) is 12.7. The summed E-state index contributed by atoms with van der Waals surface area (Å²) in [6, 6.07) is 4.78. The van der Waals surface area contributed by atoms with Crippen LogP contribution in [0.5, 0.6) is 0 Å². The van der Waals surface area contributed by atoms with Gasteiger partial charge in [-0.2, -0.15) is 0 Å². The maximum absolute atomic E-state index is 11.6. The summed E-state index contributed by atoms with van der Waals surface area (Å²) in [6.07, 6.45) is 0.0717. The van der Waals surface area contributed by atoms with E-state index >= 15 is 0 Å². The Kier molecular flexibility index (Phi) is 5.11. The lowest BCUT2D eigenvalue weighted by Gasteiger charge is -2.21. The van der Waals surface area contributed by atoms with E-state index in [1.807, 2.05) is 19.1 Å². The van der Waals surface area contributed by atoms with Gasteiger partial charge in [0.15, 0.2) is 0 Å². The van der Waals surface area contributed by atoms with Crippen molar-refractivity contribution in [2.24, 2.45) is 0 Å². The van der Waals surface area contributed by atoms with E-state index in [-0.39, 0.29) is 0 Å². The molecule has 1 unspecified atom stereocenters. The lowest BCUT2D eigenvalue weighted by molar-refractivity contribution is -0.109. The molecule has 1 N–H and O–H groups in total. The molecular weight excluding hydrogens is 310 g/mol. The molecule has 1 aromatic carbocycles. The SMILES string of the molecule is Cc1ccc(C(C=O)NC(=O)OC(C)(C)C)cc1Br. The van der Waals surface area contributed by atoms with Crippen molar-refractivity contribution >= 4 is 28.3 Å². The van der Waals surface area contributed by atoms with Gasteiger partial charge in [-0.25, -0.2) is 4.79 Å². The molecule has 0 aromatic heterocycles. The van der Waals surface area contributed by atoms with Gasteiger partial charge in [0.1, 0.15) is 17.9 Å². The zero-order chi connectivity index (χ0) is 14.6. The third-order valence-electron chi connectivity index (χ3n) is 2.36. The zero-order valence-corrected chi connectivity index (χ0v) is 13.1.